The molecule has 5 rings (SSSR count). The van der Waals surface area contributed by atoms with Crippen molar-refractivity contribution >= 4 is 33.8 Å². The molecule has 0 aliphatic carbocycles. The molecule has 4 aromatic rings. The summed E-state index contributed by atoms with van der Waals surface area (Å²) < 4.78 is 7.93. The van der Waals surface area contributed by atoms with Gasteiger partial charge in [-0.3, -0.25) is 4.68 Å². The predicted molar refractivity (Wildman–Crippen MR) is 106 cm³/mol. The Balaban J connectivity index is 1.64. The topological polar surface area (TPSA) is 102 Å². The summed E-state index contributed by atoms with van der Waals surface area (Å²) in [6.45, 7) is 3.59. The summed E-state index contributed by atoms with van der Waals surface area (Å²) in [5.74, 6) is 1.73. The quantitative estimate of drug-likeness (QED) is 0.555. The van der Waals surface area contributed by atoms with Crippen LogP contribution in [0.4, 0.5) is 16.6 Å². The number of hydrogen-bond donors (Lipinski definition) is 2. The summed E-state index contributed by atoms with van der Waals surface area (Å²) in [6.07, 6.45) is 5.61. The number of nitrogens with one attached hydrogen (secondary N) is 1. The van der Waals surface area contributed by atoms with E-state index in [0.29, 0.717) is 0 Å². The summed E-state index contributed by atoms with van der Waals surface area (Å²) in [6, 6.07) is 4.22. The molecule has 0 unspecified atom stereocenters. The Morgan fingerprint density at radius 2 is 2.07 bits per heavy atom. The van der Waals surface area contributed by atoms with E-state index in [1.54, 1.807) is 4.68 Å². The minimum atomic E-state index is 0.200. The van der Waals surface area contributed by atoms with Crippen molar-refractivity contribution in [3.63, 3.8) is 0 Å². The van der Waals surface area contributed by atoms with E-state index in [1.807, 2.05) is 49.2 Å². The third kappa shape index (κ3) is 2.82. The average molecular weight is 381 g/mol. The Morgan fingerprint density at radius 3 is 2.74 bits per heavy atom. The highest BCUT2D eigenvalue weighted by Crippen LogP contribution is 2.31. The minimum absolute atomic E-state index is 0.200. The van der Waals surface area contributed by atoms with Crippen molar-refractivity contribution in [2.75, 3.05) is 23.3 Å². The Kier molecular flexibility index (Phi) is 3.62. The maximum Gasteiger partial charge on any atom is 0.167 e. The molecular weight excluding hydrogens is 362 g/mol. The molecule has 0 atom stereocenters. The number of aryl methyl sites for hydroxylation is 2. The van der Waals surface area contributed by atoms with Crippen LogP contribution in [0.25, 0.3) is 16.8 Å². The lowest BCUT2D eigenvalue weighted by molar-refractivity contribution is 0.514. The van der Waals surface area contributed by atoms with E-state index in [9.17, 15) is 0 Å². The lowest BCUT2D eigenvalue weighted by Crippen LogP contribution is -2.56. The van der Waals surface area contributed by atoms with E-state index in [1.165, 1.54) is 11.5 Å². The molecule has 4 aromatic heterocycles. The molecule has 0 amide bonds. The van der Waals surface area contributed by atoms with Crippen LogP contribution >= 0.6 is 11.5 Å². The van der Waals surface area contributed by atoms with Gasteiger partial charge in [-0.25, -0.2) is 4.98 Å². The summed E-state index contributed by atoms with van der Waals surface area (Å²) in [5.41, 5.74) is 9.66. The van der Waals surface area contributed by atoms with Gasteiger partial charge in [0.2, 0.25) is 0 Å². The van der Waals surface area contributed by atoms with Crippen LogP contribution in [0.5, 0.6) is 0 Å². The van der Waals surface area contributed by atoms with E-state index in [2.05, 4.69) is 24.8 Å². The molecule has 1 fully saturated rings. The van der Waals surface area contributed by atoms with Crippen LogP contribution in [0.1, 0.15) is 5.69 Å². The number of aromatic nitrogens is 6. The van der Waals surface area contributed by atoms with E-state index in [0.717, 1.165) is 52.2 Å². The fraction of sp³-hybridized carbons (Fsp3) is 0.294. The number of rotatable bonds is 4. The van der Waals surface area contributed by atoms with Gasteiger partial charge in [0.1, 0.15) is 16.6 Å². The second-order valence-electron chi connectivity index (χ2n) is 6.82. The highest BCUT2D eigenvalue weighted by molar-refractivity contribution is 7.10. The molecule has 0 saturated carbocycles. The van der Waals surface area contributed by atoms with Crippen molar-refractivity contribution in [2.45, 2.75) is 13.0 Å². The molecule has 0 aromatic carbocycles. The van der Waals surface area contributed by atoms with Gasteiger partial charge in [0.15, 0.2) is 5.65 Å². The van der Waals surface area contributed by atoms with Crippen LogP contribution in [0.15, 0.2) is 30.7 Å². The van der Waals surface area contributed by atoms with E-state index < -0.39 is 0 Å². The first kappa shape index (κ1) is 16.2. The highest BCUT2D eigenvalue weighted by atomic mass is 32.1. The fourth-order valence-corrected chi connectivity index (χ4v) is 3.88. The first-order valence-electron chi connectivity index (χ1n) is 8.65. The molecule has 9 nitrogen and oxygen atoms in total. The standard InChI is InChI=1S/C17H19N9S/c1-10-3-16(27-23-10)21-15-4-14(25-8-12(18)9-25)22-17-13(6-20-26(15)17)11-5-19-24(2)7-11/h3-7,12,21H,8-9,18H2,1-2H3. The first-order chi connectivity index (χ1) is 13.1. The summed E-state index contributed by atoms with van der Waals surface area (Å²) in [7, 11) is 1.90. The van der Waals surface area contributed by atoms with Crippen molar-refractivity contribution < 1.29 is 0 Å². The molecule has 1 saturated heterocycles. The second-order valence-corrected chi connectivity index (χ2v) is 7.62. The van der Waals surface area contributed by atoms with Crippen molar-refractivity contribution in [1.29, 1.82) is 0 Å². The molecular formula is C17H19N9S. The van der Waals surface area contributed by atoms with E-state index in [-0.39, 0.29) is 6.04 Å². The molecule has 1 aliphatic rings. The molecule has 138 valence electrons. The van der Waals surface area contributed by atoms with Gasteiger partial charge in [-0.1, -0.05) is 0 Å². The zero-order valence-electron chi connectivity index (χ0n) is 15.0. The van der Waals surface area contributed by atoms with Gasteiger partial charge in [-0.2, -0.15) is 19.1 Å². The third-order valence-corrected chi connectivity index (χ3v) is 5.38. The Hall–Kier alpha value is -2.98. The smallest absolute Gasteiger partial charge is 0.167 e. The van der Waals surface area contributed by atoms with Crippen LogP contribution in [0.3, 0.4) is 0 Å². The molecule has 0 radical (unpaired) electrons. The molecule has 5 heterocycles. The molecule has 3 N–H and O–H groups in total. The number of fused-ring (bicyclic) bond motifs is 1. The van der Waals surface area contributed by atoms with Crippen LogP contribution in [0.2, 0.25) is 0 Å². The normalized spacial score (nSPS) is 14.7. The minimum Gasteiger partial charge on any atom is -0.353 e. The molecule has 0 spiro atoms. The molecule has 27 heavy (non-hydrogen) atoms. The predicted octanol–water partition coefficient (Wildman–Crippen LogP) is 1.79. The van der Waals surface area contributed by atoms with Gasteiger partial charge >= 0.3 is 0 Å². The van der Waals surface area contributed by atoms with Gasteiger partial charge in [-0.05, 0) is 24.5 Å². The van der Waals surface area contributed by atoms with Crippen molar-refractivity contribution in [3.8, 4) is 11.1 Å². The molecule has 10 heteroatoms. The Labute approximate surface area is 159 Å². The first-order valence-corrected chi connectivity index (χ1v) is 9.43. The van der Waals surface area contributed by atoms with Gasteiger partial charge in [-0.15, -0.1) is 0 Å². The zero-order valence-corrected chi connectivity index (χ0v) is 15.8. The molecule has 1 aliphatic heterocycles. The van der Waals surface area contributed by atoms with Gasteiger partial charge in [0.25, 0.3) is 0 Å². The van der Waals surface area contributed by atoms with E-state index in [4.69, 9.17) is 10.7 Å². The zero-order chi connectivity index (χ0) is 18.5. The van der Waals surface area contributed by atoms with Crippen LogP contribution in [-0.2, 0) is 7.05 Å². The second kappa shape index (κ2) is 6.03. The van der Waals surface area contributed by atoms with Crippen LogP contribution < -0.4 is 16.0 Å². The number of nitrogens with zero attached hydrogens (tertiary/aromatic N) is 7. The summed E-state index contributed by atoms with van der Waals surface area (Å²) in [5, 5.41) is 13.2. The number of anilines is 3. The maximum absolute atomic E-state index is 5.97. The van der Waals surface area contributed by atoms with Crippen LogP contribution in [0, 0.1) is 6.92 Å². The Morgan fingerprint density at radius 1 is 1.22 bits per heavy atom. The molecule has 0 bridgehead atoms. The van der Waals surface area contributed by atoms with Gasteiger partial charge in [0, 0.05) is 49.6 Å². The largest absolute Gasteiger partial charge is 0.353 e. The Bertz CT molecular complexity index is 1120. The van der Waals surface area contributed by atoms with E-state index >= 15 is 0 Å². The van der Waals surface area contributed by atoms with Crippen molar-refractivity contribution in [1.82, 2.24) is 28.8 Å². The number of hydrogen-bond acceptors (Lipinski definition) is 8. The lowest BCUT2D eigenvalue weighted by Gasteiger charge is -2.38. The van der Waals surface area contributed by atoms with Crippen molar-refractivity contribution in [3.05, 3.63) is 36.4 Å². The maximum atomic E-state index is 5.97. The lowest BCUT2D eigenvalue weighted by atomic mass is 10.1. The average Bonchev–Trinajstić information content (AvgIpc) is 3.32. The summed E-state index contributed by atoms with van der Waals surface area (Å²) >= 11 is 1.42. The van der Waals surface area contributed by atoms with Crippen molar-refractivity contribution in [2.24, 2.45) is 12.8 Å². The monoisotopic (exact) mass is 381 g/mol. The van der Waals surface area contributed by atoms with Gasteiger partial charge < -0.3 is 16.0 Å². The highest BCUT2D eigenvalue weighted by Gasteiger charge is 2.26. The van der Waals surface area contributed by atoms with Gasteiger partial charge in [0.05, 0.1) is 18.1 Å². The SMILES string of the molecule is Cc1cc(Nc2cc(N3CC(N)C3)nc3c(-c4cnn(C)c4)cnn23)sn1. The summed E-state index contributed by atoms with van der Waals surface area (Å²) in [4.78, 5) is 7.04. The van der Waals surface area contributed by atoms with Crippen LogP contribution in [-0.4, -0.2) is 47.9 Å². The third-order valence-electron chi connectivity index (χ3n) is 4.59. The fourth-order valence-electron chi connectivity index (χ4n) is 3.21. The number of nitrogens with two attached hydrogens (primary N) is 1.